The van der Waals surface area contributed by atoms with Gasteiger partial charge in [0.1, 0.15) is 0 Å². The van der Waals surface area contributed by atoms with Gasteiger partial charge in [-0.3, -0.25) is 4.99 Å². The highest BCUT2D eigenvalue weighted by atomic mass is 15.2. The van der Waals surface area contributed by atoms with Crippen molar-refractivity contribution in [3.63, 3.8) is 0 Å². The molecule has 1 heterocycles. The Morgan fingerprint density at radius 2 is 2.10 bits per heavy atom. The summed E-state index contributed by atoms with van der Waals surface area (Å²) in [4.78, 5) is 7.30. The average molecular weight is 294 g/mol. The lowest BCUT2D eigenvalue weighted by Gasteiger charge is -2.30. The van der Waals surface area contributed by atoms with Gasteiger partial charge < -0.3 is 15.5 Å². The summed E-state index contributed by atoms with van der Waals surface area (Å²) < 4.78 is 0. The highest BCUT2D eigenvalue weighted by molar-refractivity contribution is 5.80. The number of guanidine groups is 1. The minimum Gasteiger partial charge on any atom is -0.357 e. The van der Waals surface area contributed by atoms with E-state index in [2.05, 4.69) is 36.4 Å². The second-order valence-electron chi connectivity index (χ2n) is 7.10. The van der Waals surface area contributed by atoms with Gasteiger partial charge in [0.2, 0.25) is 0 Å². The Morgan fingerprint density at radius 1 is 1.24 bits per heavy atom. The van der Waals surface area contributed by atoms with E-state index in [0.717, 1.165) is 30.9 Å². The average Bonchev–Trinajstić information content (AvgIpc) is 2.45. The van der Waals surface area contributed by atoms with E-state index in [1.54, 1.807) is 0 Å². The summed E-state index contributed by atoms with van der Waals surface area (Å²) in [5.41, 5.74) is 0. The Morgan fingerprint density at radius 3 is 2.81 bits per heavy atom. The molecule has 0 spiro atoms. The summed E-state index contributed by atoms with van der Waals surface area (Å²) in [7, 11) is 2.22. The van der Waals surface area contributed by atoms with Crippen LogP contribution in [0.4, 0.5) is 0 Å². The Balaban J connectivity index is 1.83. The van der Waals surface area contributed by atoms with Crippen molar-refractivity contribution < 1.29 is 0 Å². The number of likely N-dealkylation sites (tertiary alicyclic amines) is 1. The monoisotopic (exact) mass is 294 g/mol. The third-order valence-corrected chi connectivity index (χ3v) is 4.85. The highest BCUT2D eigenvalue weighted by Crippen LogP contribution is 2.23. The van der Waals surface area contributed by atoms with Gasteiger partial charge in [-0.15, -0.1) is 0 Å². The van der Waals surface area contributed by atoms with Gasteiger partial charge in [0.25, 0.3) is 0 Å². The van der Waals surface area contributed by atoms with E-state index in [0.29, 0.717) is 6.04 Å². The summed E-state index contributed by atoms with van der Waals surface area (Å²) in [6.07, 6.45) is 7.97. The first kappa shape index (κ1) is 16.6. The molecule has 2 fully saturated rings. The van der Waals surface area contributed by atoms with Crippen molar-refractivity contribution in [3.05, 3.63) is 0 Å². The summed E-state index contributed by atoms with van der Waals surface area (Å²) >= 11 is 0. The minimum atomic E-state index is 0.612. The lowest BCUT2D eigenvalue weighted by molar-refractivity contribution is 0.214. The maximum atomic E-state index is 4.86. The molecule has 3 unspecified atom stereocenters. The number of hydrogen-bond acceptors (Lipinski definition) is 2. The minimum absolute atomic E-state index is 0.612. The third kappa shape index (κ3) is 5.85. The van der Waals surface area contributed by atoms with Crippen molar-refractivity contribution in [3.8, 4) is 0 Å². The van der Waals surface area contributed by atoms with E-state index in [1.807, 2.05) is 0 Å². The van der Waals surface area contributed by atoms with Gasteiger partial charge in [0.15, 0.2) is 5.96 Å². The third-order valence-electron chi connectivity index (χ3n) is 4.85. The Kier molecular flexibility index (Phi) is 6.81. The molecule has 0 radical (unpaired) electrons. The highest BCUT2D eigenvalue weighted by Gasteiger charge is 2.20. The maximum absolute atomic E-state index is 4.86. The van der Waals surface area contributed by atoms with Crippen LogP contribution in [-0.2, 0) is 0 Å². The molecule has 0 bridgehead atoms. The summed E-state index contributed by atoms with van der Waals surface area (Å²) in [5.74, 6) is 2.61. The number of hydrogen-bond donors (Lipinski definition) is 2. The second kappa shape index (κ2) is 8.62. The molecule has 4 nitrogen and oxygen atoms in total. The lowest BCUT2D eigenvalue weighted by Crippen LogP contribution is -2.45. The zero-order valence-electron chi connectivity index (χ0n) is 14.2. The summed E-state index contributed by atoms with van der Waals surface area (Å²) in [5, 5.41) is 7.08. The fourth-order valence-corrected chi connectivity index (χ4v) is 3.72. The molecular weight excluding hydrogens is 260 g/mol. The lowest BCUT2D eigenvalue weighted by atomic mass is 9.87. The first-order valence-corrected chi connectivity index (χ1v) is 8.90. The predicted molar refractivity (Wildman–Crippen MR) is 90.8 cm³/mol. The van der Waals surface area contributed by atoms with Crippen molar-refractivity contribution >= 4 is 5.96 Å². The molecule has 0 aromatic carbocycles. The smallest absolute Gasteiger partial charge is 0.191 e. The Bertz CT molecular complexity index is 329. The van der Waals surface area contributed by atoms with E-state index in [-0.39, 0.29) is 0 Å². The summed E-state index contributed by atoms with van der Waals surface area (Å²) in [6.45, 7) is 8.87. The molecule has 0 aromatic rings. The molecule has 4 heteroatoms. The molecule has 1 saturated carbocycles. The molecule has 2 rings (SSSR count). The largest absolute Gasteiger partial charge is 0.357 e. The molecule has 2 N–H and O–H groups in total. The van der Waals surface area contributed by atoms with E-state index in [9.17, 15) is 0 Å². The van der Waals surface area contributed by atoms with E-state index < -0.39 is 0 Å². The van der Waals surface area contributed by atoms with Gasteiger partial charge in [-0.2, -0.15) is 0 Å². The predicted octanol–water partition coefficient (Wildman–Crippen LogP) is 2.46. The zero-order valence-corrected chi connectivity index (χ0v) is 14.2. The maximum Gasteiger partial charge on any atom is 0.191 e. The van der Waals surface area contributed by atoms with E-state index in [4.69, 9.17) is 4.99 Å². The van der Waals surface area contributed by atoms with Crippen LogP contribution in [0.3, 0.4) is 0 Å². The van der Waals surface area contributed by atoms with Gasteiger partial charge in [-0.1, -0.05) is 19.8 Å². The van der Waals surface area contributed by atoms with E-state index >= 15 is 0 Å². The molecular formula is C17H34N4. The zero-order chi connectivity index (χ0) is 15.1. The van der Waals surface area contributed by atoms with Crippen LogP contribution in [0.5, 0.6) is 0 Å². The Hall–Kier alpha value is -0.770. The van der Waals surface area contributed by atoms with Crippen LogP contribution in [0, 0.1) is 11.8 Å². The fraction of sp³-hybridized carbons (Fsp3) is 0.941. The van der Waals surface area contributed by atoms with Gasteiger partial charge >= 0.3 is 0 Å². The SMILES string of the molecule is CCNC(=NCC1CCCN(C)C1)NC1CCCC(C)C1. The molecule has 1 saturated heterocycles. The second-order valence-corrected chi connectivity index (χ2v) is 7.10. The van der Waals surface area contributed by atoms with Crippen LogP contribution < -0.4 is 10.6 Å². The van der Waals surface area contributed by atoms with Crippen molar-refractivity contribution in [2.24, 2.45) is 16.8 Å². The summed E-state index contributed by atoms with van der Waals surface area (Å²) in [6, 6.07) is 0.612. The molecule has 21 heavy (non-hydrogen) atoms. The van der Waals surface area contributed by atoms with E-state index in [1.165, 1.54) is 51.6 Å². The van der Waals surface area contributed by atoms with Crippen LogP contribution in [-0.4, -0.2) is 50.1 Å². The molecule has 3 atom stereocenters. The number of piperidine rings is 1. The number of rotatable bonds is 4. The van der Waals surface area contributed by atoms with Crippen molar-refractivity contribution in [1.82, 2.24) is 15.5 Å². The number of nitrogens with one attached hydrogen (secondary N) is 2. The molecule has 1 aliphatic heterocycles. The van der Waals surface area contributed by atoms with Gasteiger partial charge in [0.05, 0.1) is 0 Å². The van der Waals surface area contributed by atoms with Crippen LogP contribution in [0.25, 0.3) is 0 Å². The molecule has 1 aliphatic carbocycles. The molecule has 0 aromatic heterocycles. The van der Waals surface area contributed by atoms with Crippen molar-refractivity contribution in [2.75, 3.05) is 33.2 Å². The fourth-order valence-electron chi connectivity index (χ4n) is 3.72. The standard InChI is InChI=1S/C17H34N4/c1-4-18-17(20-16-9-5-7-14(2)11-16)19-12-15-8-6-10-21(3)13-15/h14-16H,4-13H2,1-3H3,(H2,18,19,20). The number of aliphatic imine (C=N–C) groups is 1. The molecule has 122 valence electrons. The van der Waals surface area contributed by atoms with Crippen LogP contribution in [0.15, 0.2) is 4.99 Å². The Labute approximate surface area is 130 Å². The van der Waals surface area contributed by atoms with Crippen LogP contribution >= 0.6 is 0 Å². The topological polar surface area (TPSA) is 39.7 Å². The quantitative estimate of drug-likeness (QED) is 0.618. The van der Waals surface area contributed by atoms with Gasteiger partial charge in [-0.05, 0) is 58.0 Å². The van der Waals surface area contributed by atoms with Crippen molar-refractivity contribution in [1.29, 1.82) is 0 Å². The first-order valence-electron chi connectivity index (χ1n) is 8.90. The molecule has 0 amide bonds. The normalized spacial score (nSPS) is 32.0. The van der Waals surface area contributed by atoms with Gasteiger partial charge in [0, 0.05) is 25.7 Å². The first-order chi connectivity index (χ1) is 10.2. The van der Waals surface area contributed by atoms with Gasteiger partial charge in [-0.25, -0.2) is 0 Å². The van der Waals surface area contributed by atoms with Crippen LogP contribution in [0.2, 0.25) is 0 Å². The van der Waals surface area contributed by atoms with Crippen molar-refractivity contribution in [2.45, 2.75) is 58.4 Å². The van der Waals surface area contributed by atoms with Crippen LogP contribution in [0.1, 0.15) is 52.4 Å². The molecule has 2 aliphatic rings. The number of nitrogens with zero attached hydrogens (tertiary/aromatic N) is 2.